The van der Waals surface area contributed by atoms with E-state index in [-0.39, 0.29) is 0 Å². The molecule has 0 bridgehead atoms. The van der Waals surface area contributed by atoms with Gasteiger partial charge < -0.3 is 10.2 Å². The van der Waals surface area contributed by atoms with Crippen molar-refractivity contribution in [1.29, 1.82) is 0 Å². The summed E-state index contributed by atoms with van der Waals surface area (Å²) in [5, 5.41) is 3.38. The predicted molar refractivity (Wildman–Crippen MR) is 64.3 cm³/mol. The molecule has 1 atom stereocenters. The molecular formula is C12H23N3O. The van der Waals surface area contributed by atoms with E-state index in [9.17, 15) is 4.79 Å². The second-order valence-electron chi connectivity index (χ2n) is 4.85. The summed E-state index contributed by atoms with van der Waals surface area (Å²) in [4.78, 5) is 16.3. The predicted octanol–water partition coefficient (Wildman–Crippen LogP) is 0.293. The lowest BCUT2D eigenvalue weighted by molar-refractivity contribution is -0.136. The molecule has 2 heterocycles. The molecule has 2 aliphatic rings. The highest BCUT2D eigenvalue weighted by Gasteiger charge is 2.27. The largest absolute Gasteiger partial charge is 0.341 e. The zero-order valence-corrected chi connectivity index (χ0v) is 10.2. The molecule has 2 aliphatic heterocycles. The van der Waals surface area contributed by atoms with Crippen LogP contribution >= 0.6 is 0 Å². The van der Waals surface area contributed by atoms with Gasteiger partial charge in [-0.2, -0.15) is 0 Å². The zero-order valence-electron chi connectivity index (χ0n) is 10.2. The van der Waals surface area contributed by atoms with Crippen LogP contribution in [0.1, 0.15) is 26.2 Å². The lowest BCUT2D eigenvalue weighted by Gasteiger charge is -2.35. The summed E-state index contributed by atoms with van der Waals surface area (Å²) < 4.78 is 0. The van der Waals surface area contributed by atoms with Gasteiger partial charge in [0.05, 0.1) is 6.54 Å². The van der Waals surface area contributed by atoms with E-state index in [1.54, 1.807) is 0 Å². The first-order valence-electron chi connectivity index (χ1n) is 6.54. The molecule has 4 heteroatoms. The fraction of sp³-hybridized carbons (Fsp3) is 0.917. The van der Waals surface area contributed by atoms with E-state index in [2.05, 4.69) is 17.1 Å². The number of likely N-dealkylation sites (tertiary alicyclic amines) is 1. The highest BCUT2D eigenvalue weighted by molar-refractivity contribution is 5.79. The summed E-state index contributed by atoms with van der Waals surface area (Å²) in [6, 6.07) is 0.574. The van der Waals surface area contributed by atoms with Crippen molar-refractivity contribution in [3.63, 3.8) is 0 Å². The fourth-order valence-electron chi connectivity index (χ4n) is 2.47. The van der Waals surface area contributed by atoms with Crippen molar-refractivity contribution in [3.8, 4) is 0 Å². The van der Waals surface area contributed by atoms with E-state index >= 15 is 0 Å². The maximum absolute atomic E-state index is 11.9. The summed E-state index contributed by atoms with van der Waals surface area (Å²) >= 11 is 0. The molecule has 4 nitrogen and oxygen atoms in total. The van der Waals surface area contributed by atoms with Gasteiger partial charge in [-0.05, 0) is 32.4 Å². The Hall–Kier alpha value is -0.610. The summed E-state index contributed by atoms with van der Waals surface area (Å²) in [6.45, 7) is 7.95. The van der Waals surface area contributed by atoms with Crippen LogP contribution in [0.15, 0.2) is 0 Å². The molecule has 16 heavy (non-hydrogen) atoms. The Bertz CT molecular complexity index is 234. The average Bonchev–Trinajstić information content (AvgIpc) is 2.66. The van der Waals surface area contributed by atoms with Crippen LogP contribution < -0.4 is 5.32 Å². The van der Waals surface area contributed by atoms with Gasteiger partial charge in [-0.3, -0.25) is 9.69 Å². The molecule has 0 spiro atoms. The number of carbonyl (C=O) groups excluding carboxylic acids is 1. The number of hydrogen-bond acceptors (Lipinski definition) is 3. The van der Waals surface area contributed by atoms with E-state index in [1.165, 1.54) is 12.8 Å². The minimum atomic E-state index is 0.326. The van der Waals surface area contributed by atoms with Crippen molar-refractivity contribution in [2.24, 2.45) is 0 Å². The minimum Gasteiger partial charge on any atom is -0.341 e. The van der Waals surface area contributed by atoms with Crippen molar-refractivity contribution >= 4 is 5.91 Å². The summed E-state index contributed by atoms with van der Waals surface area (Å²) in [5.74, 6) is 0.326. The molecule has 1 N–H and O–H groups in total. The van der Waals surface area contributed by atoms with Crippen molar-refractivity contribution < 1.29 is 4.79 Å². The first-order valence-corrected chi connectivity index (χ1v) is 6.54. The van der Waals surface area contributed by atoms with Crippen LogP contribution in [0.25, 0.3) is 0 Å². The van der Waals surface area contributed by atoms with Gasteiger partial charge in [0, 0.05) is 25.7 Å². The van der Waals surface area contributed by atoms with E-state index in [0.717, 1.165) is 39.1 Å². The van der Waals surface area contributed by atoms with Crippen LogP contribution in [0.3, 0.4) is 0 Å². The molecule has 1 amide bonds. The van der Waals surface area contributed by atoms with E-state index in [4.69, 9.17) is 0 Å². The van der Waals surface area contributed by atoms with Crippen molar-refractivity contribution in [3.05, 3.63) is 0 Å². The molecular weight excluding hydrogens is 202 g/mol. The SMILES string of the molecule is CCCN(CC(=O)N1CCC1)C1CCNC1. The third kappa shape index (κ3) is 2.74. The van der Waals surface area contributed by atoms with E-state index in [1.807, 2.05) is 4.90 Å². The van der Waals surface area contributed by atoms with Crippen LogP contribution in [0, 0.1) is 0 Å². The molecule has 0 aromatic heterocycles. The Balaban J connectivity index is 1.83. The average molecular weight is 225 g/mol. The number of nitrogens with zero attached hydrogens (tertiary/aromatic N) is 2. The minimum absolute atomic E-state index is 0.326. The Labute approximate surface area is 98.0 Å². The second kappa shape index (κ2) is 5.64. The van der Waals surface area contributed by atoms with Crippen LogP contribution in [0.2, 0.25) is 0 Å². The van der Waals surface area contributed by atoms with E-state index < -0.39 is 0 Å². The first kappa shape index (κ1) is 11.9. The highest BCUT2D eigenvalue weighted by Crippen LogP contribution is 2.12. The lowest BCUT2D eigenvalue weighted by atomic mass is 10.2. The third-order valence-corrected chi connectivity index (χ3v) is 3.61. The van der Waals surface area contributed by atoms with Gasteiger partial charge in [0.15, 0.2) is 0 Å². The van der Waals surface area contributed by atoms with Gasteiger partial charge in [-0.25, -0.2) is 0 Å². The van der Waals surface area contributed by atoms with Crippen LogP contribution in [0.5, 0.6) is 0 Å². The lowest BCUT2D eigenvalue weighted by Crippen LogP contribution is -2.49. The number of rotatable bonds is 5. The maximum Gasteiger partial charge on any atom is 0.236 e. The zero-order chi connectivity index (χ0) is 11.4. The standard InChI is InChI=1S/C12H23N3O/c1-2-6-15(11-4-5-13-9-11)10-12(16)14-7-3-8-14/h11,13H,2-10H2,1H3. The van der Waals surface area contributed by atoms with Gasteiger partial charge in [-0.15, -0.1) is 0 Å². The molecule has 0 saturated carbocycles. The summed E-state index contributed by atoms with van der Waals surface area (Å²) in [7, 11) is 0. The Kier molecular flexibility index (Phi) is 4.18. The monoisotopic (exact) mass is 225 g/mol. The molecule has 92 valence electrons. The maximum atomic E-state index is 11.9. The van der Waals surface area contributed by atoms with Gasteiger partial charge in [0.1, 0.15) is 0 Å². The van der Waals surface area contributed by atoms with Gasteiger partial charge in [0.2, 0.25) is 5.91 Å². The Morgan fingerprint density at radius 1 is 1.50 bits per heavy atom. The third-order valence-electron chi connectivity index (χ3n) is 3.61. The molecule has 2 saturated heterocycles. The molecule has 0 aliphatic carbocycles. The number of amides is 1. The molecule has 1 unspecified atom stereocenters. The smallest absolute Gasteiger partial charge is 0.236 e. The van der Waals surface area contributed by atoms with Crippen LogP contribution in [0.4, 0.5) is 0 Å². The van der Waals surface area contributed by atoms with Crippen molar-refractivity contribution in [2.45, 2.75) is 32.2 Å². The highest BCUT2D eigenvalue weighted by atomic mass is 16.2. The molecule has 2 fully saturated rings. The van der Waals surface area contributed by atoms with Gasteiger partial charge in [-0.1, -0.05) is 6.92 Å². The Morgan fingerprint density at radius 3 is 2.81 bits per heavy atom. The Morgan fingerprint density at radius 2 is 2.31 bits per heavy atom. The molecule has 0 radical (unpaired) electrons. The molecule has 0 aromatic rings. The second-order valence-corrected chi connectivity index (χ2v) is 4.85. The summed E-state index contributed by atoms with van der Waals surface area (Å²) in [6.07, 6.45) is 3.50. The molecule has 0 aromatic carbocycles. The number of carbonyl (C=O) groups is 1. The normalized spacial score (nSPS) is 24.9. The molecule has 2 rings (SSSR count). The van der Waals surface area contributed by atoms with E-state index in [0.29, 0.717) is 18.5 Å². The number of hydrogen-bond donors (Lipinski definition) is 1. The van der Waals surface area contributed by atoms with Gasteiger partial charge >= 0.3 is 0 Å². The quantitative estimate of drug-likeness (QED) is 0.730. The van der Waals surface area contributed by atoms with Crippen molar-refractivity contribution in [2.75, 3.05) is 39.3 Å². The topological polar surface area (TPSA) is 35.6 Å². The van der Waals surface area contributed by atoms with Crippen molar-refractivity contribution in [1.82, 2.24) is 15.1 Å². The summed E-state index contributed by atoms with van der Waals surface area (Å²) in [5.41, 5.74) is 0. The van der Waals surface area contributed by atoms with Crippen LogP contribution in [-0.4, -0.2) is 61.0 Å². The number of nitrogens with one attached hydrogen (secondary N) is 1. The first-order chi connectivity index (χ1) is 7.81. The fourth-order valence-corrected chi connectivity index (χ4v) is 2.47. The van der Waals surface area contributed by atoms with Gasteiger partial charge in [0.25, 0.3) is 0 Å². The van der Waals surface area contributed by atoms with Crippen LogP contribution in [-0.2, 0) is 4.79 Å².